The number of hydrogen-bond acceptors (Lipinski definition) is 6. The summed E-state index contributed by atoms with van der Waals surface area (Å²) in [6.45, 7) is 1.06. The minimum atomic E-state index is -3.97. The Labute approximate surface area is 241 Å². The molecule has 1 unspecified atom stereocenters. The Kier molecular flexibility index (Phi) is 9.60. The van der Waals surface area contributed by atoms with Crippen molar-refractivity contribution in [2.45, 2.75) is 30.7 Å². The lowest BCUT2D eigenvalue weighted by molar-refractivity contribution is -0.134. The molecule has 0 bridgehead atoms. The van der Waals surface area contributed by atoms with Gasteiger partial charge in [0.1, 0.15) is 22.1 Å². The third-order valence-electron chi connectivity index (χ3n) is 7.19. The molecule has 0 aromatic heterocycles. The van der Waals surface area contributed by atoms with Gasteiger partial charge in [-0.25, -0.2) is 8.42 Å². The van der Waals surface area contributed by atoms with Crippen LogP contribution in [-0.4, -0.2) is 64.5 Å². The SMILES string of the molecule is COc1ccc(OC)c(S(=O)(=O)N2CCCC(COc3ccc(Cl)cc3)(CC(=O)N(C)Cc3ccccc3)C2)c1. The fourth-order valence-electron chi connectivity index (χ4n) is 4.97. The summed E-state index contributed by atoms with van der Waals surface area (Å²) in [6.07, 6.45) is 1.34. The third kappa shape index (κ3) is 7.08. The van der Waals surface area contributed by atoms with Gasteiger partial charge in [-0.05, 0) is 54.8 Å². The number of sulfonamides is 1. The average molecular weight is 587 g/mol. The first kappa shape index (κ1) is 29.7. The summed E-state index contributed by atoms with van der Waals surface area (Å²) in [5, 5.41) is 0.585. The van der Waals surface area contributed by atoms with E-state index in [-0.39, 0.29) is 36.1 Å². The van der Waals surface area contributed by atoms with E-state index in [9.17, 15) is 13.2 Å². The zero-order chi connectivity index (χ0) is 28.8. The first-order chi connectivity index (χ1) is 19.2. The Morgan fingerprint density at radius 2 is 1.70 bits per heavy atom. The molecule has 0 saturated carbocycles. The Hall–Kier alpha value is -3.27. The van der Waals surface area contributed by atoms with Crippen molar-refractivity contribution in [1.82, 2.24) is 9.21 Å². The number of benzene rings is 3. The van der Waals surface area contributed by atoms with E-state index in [4.69, 9.17) is 25.8 Å². The van der Waals surface area contributed by atoms with Crippen LogP contribution < -0.4 is 14.2 Å². The molecule has 10 heteroatoms. The maximum absolute atomic E-state index is 13.9. The van der Waals surface area contributed by atoms with Crippen LogP contribution in [0.1, 0.15) is 24.8 Å². The van der Waals surface area contributed by atoms with Gasteiger partial charge in [-0.1, -0.05) is 41.9 Å². The predicted molar refractivity (Wildman–Crippen MR) is 154 cm³/mol. The van der Waals surface area contributed by atoms with E-state index in [1.165, 1.54) is 24.6 Å². The lowest BCUT2D eigenvalue weighted by atomic mass is 9.78. The number of rotatable bonds is 11. The second-order valence-corrected chi connectivity index (χ2v) is 12.5. The molecule has 1 aliphatic heterocycles. The second kappa shape index (κ2) is 12.9. The quantitative estimate of drug-likeness (QED) is 0.305. The molecular formula is C30H35ClN2O6S. The van der Waals surface area contributed by atoms with Crippen molar-refractivity contribution in [1.29, 1.82) is 0 Å². The van der Waals surface area contributed by atoms with Crippen molar-refractivity contribution in [3.63, 3.8) is 0 Å². The number of nitrogens with zero attached hydrogens (tertiary/aromatic N) is 2. The Morgan fingerprint density at radius 1 is 1.00 bits per heavy atom. The van der Waals surface area contributed by atoms with E-state index in [1.54, 1.807) is 48.3 Å². The van der Waals surface area contributed by atoms with E-state index < -0.39 is 15.4 Å². The summed E-state index contributed by atoms with van der Waals surface area (Å²) in [4.78, 5) is 15.2. The normalized spacial score (nSPS) is 17.7. The molecule has 1 amide bonds. The van der Waals surface area contributed by atoms with Crippen LogP contribution in [0, 0.1) is 5.41 Å². The van der Waals surface area contributed by atoms with E-state index in [0.717, 1.165) is 5.56 Å². The molecule has 214 valence electrons. The predicted octanol–water partition coefficient (Wildman–Crippen LogP) is 5.26. The fourth-order valence-corrected chi connectivity index (χ4v) is 6.86. The van der Waals surface area contributed by atoms with Crippen LogP contribution in [-0.2, 0) is 21.4 Å². The standard InChI is InChI=1S/C30H35ClN2O6S/c1-32(20-23-8-5-4-6-9-23)29(34)19-30(22-39-25-12-10-24(31)11-13-25)16-7-17-33(21-30)40(35,36)28-18-26(37-2)14-15-27(28)38-3/h4-6,8-15,18H,7,16-17,19-22H2,1-3H3. The van der Waals surface area contributed by atoms with Gasteiger partial charge in [0.05, 0.1) is 20.8 Å². The molecule has 1 fully saturated rings. The molecule has 1 aliphatic rings. The van der Waals surface area contributed by atoms with Gasteiger partial charge in [0.2, 0.25) is 15.9 Å². The molecule has 1 heterocycles. The third-order valence-corrected chi connectivity index (χ3v) is 9.31. The topological polar surface area (TPSA) is 85.4 Å². The van der Waals surface area contributed by atoms with Crippen molar-refractivity contribution in [3.8, 4) is 17.2 Å². The zero-order valence-corrected chi connectivity index (χ0v) is 24.6. The minimum absolute atomic E-state index is 0.0243. The summed E-state index contributed by atoms with van der Waals surface area (Å²) < 4.78 is 46.1. The van der Waals surface area contributed by atoms with E-state index >= 15 is 0 Å². The van der Waals surface area contributed by atoms with Gasteiger partial charge in [0, 0.05) is 49.6 Å². The summed E-state index contributed by atoms with van der Waals surface area (Å²) in [6, 6.07) is 21.4. The van der Waals surface area contributed by atoms with Gasteiger partial charge >= 0.3 is 0 Å². The highest BCUT2D eigenvalue weighted by atomic mass is 35.5. The van der Waals surface area contributed by atoms with E-state index in [1.807, 2.05) is 30.3 Å². The van der Waals surface area contributed by atoms with Gasteiger partial charge in [0.25, 0.3) is 0 Å². The zero-order valence-electron chi connectivity index (χ0n) is 23.0. The van der Waals surface area contributed by atoms with Crippen LogP contribution in [0.2, 0.25) is 5.02 Å². The molecule has 40 heavy (non-hydrogen) atoms. The van der Waals surface area contributed by atoms with E-state index in [2.05, 4.69) is 0 Å². The summed E-state index contributed by atoms with van der Waals surface area (Å²) in [5.41, 5.74) is 0.266. The summed E-state index contributed by atoms with van der Waals surface area (Å²) >= 11 is 6.03. The van der Waals surface area contributed by atoms with Crippen LogP contribution in [0.5, 0.6) is 17.2 Å². The minimum Gasteiger partial charge on any atom is -0.497 e. The van der Waals surface area contributed by atoms with E-state index in [0.29, 0.717) is 42.5 Å². The first-order valence-corrected chi connectivity index (χ1v) is 14.9. The van der Waals surface area contributed by atoms with Gasteiger partial charge in [-0.3, -0.25) is 4.79 Å². The average Bonchev–Trinajstić information content (AvgIpc) is 2.97. The molecule has 0 radical (unpaired) electrons. The van der Waals surface area contributed by atoms with Crippen molar-refractivity contribution in [2.75, 3.05) is 41.0 Å². The molecule has 0 spiro atoms. The molecule has 8 nitrogen and oxygen atoms in total. The number of carbonyl (C=O) groups is 1. The molecule has 1 atom stereocenters. The molecule has 0 aliphatic carbocycles. The van der Waals surface area contributed by atoms with Crippen molar-refractivity contribution < 1.29 is 27.4 Å². The Balaban J connectivity index is 1.61. The van der Waals surface area contributed by atoms with Crippen molar-refractivity contribution in [3.05, 3.63) is 83.4 Å². The van der Waals surface area contributed by atoms with Gasteiger partial charge in [-0.15, -0.1) is 0 Å². The largest absolute Gasteiger partial charge is 0.497 e. The fraction of sp³-hybridized carbons (Fsp3) is 0.367. The molecule has 3 aromatic rings. The molecular weight excluding hydrogens is 552 g/mol. The van der Waals surface area contributed by atoms with Crippen LogP contribution in [0.4, 0.5) is 0 Å². The maximum atomic E-state index is 13.9. The number of ether oxygens (including phenoxy) is 3. The highest BCUT2D eigenvalue weighted by Crippen LogP contribution is 2.39. The van der Waals surface area contributed by atoms with Gasteiger partial charge in [-0.2, -0.15) is 4.31 Å². The smallest absolute Gasteiger partial charge is 0.246 e. The number of methoxy groups -OCH3 is 2. The monoisotopic (exact) mass is 586 g/mol. The number of amides is 1. The van der Waals surface area contributed by atoms with Gasteiger partial charge < -0.3 is 19.1 Å². The number of halogens is 1. The van der Waals surface area contributed by atoms with Crippen LogP contribution in [0.3, 0.4) is 0 Å². The molecule has 1 saturated heterocycles. The highest BCUT2D eigenvalue weighted by molar-refractivity contribution is 7.89. The van der Waals surface area contributed by atoms with Gasteiger partial charge in [0.15, 0.2) is 0 Å². The number of piperidine rings is 1. The maximum Gasteiger partial charge on any atom is 0.246 e. The summed E-state index contributed by atoms with van der Waals surface area (Å²) in [7, 11) is 0.709. The molecule has 4 rings (SSSR count). The lowest BCUT2D eigenvalue weighted by Crippen LogP contribution is -2.50. The second-order valence-electron chi connectivity index (χ2n) is 10.1. The Bertz CT molecular complexity index is 1400. The van der Waals surface area contributed by atoms with Crippen molar-refractivity contribution in [2.24, 2.45) is 5.41 Å². The van der Waals surface area contributed by atoms with Crippen molar-refractivity contribution >= 4 is 27.5 Å². The lowest BCUT2D eigenvalue weighted by Gasteiger charge is -2.42. The summed E-state index contributed by atoms with van der Waals surface area (Å²) in [5.74, 6) is 1.16. The number of hydrogen-bond donors (Lipinski definition) is 0. The molecule has 0 N–H and O–H groups in total. The Morgan fingerprint density at radius 3 is 2.38 bits per heavy atom. The highest BCUT2D eigenvalue weighted by Gasteiger charge is 2.43. The number of carbonyl (C=O) groups excluding carboxylic acids is 1. The van der Waals surface area contributed by atoms with Crippen LogP contribution >= 0.6 is 11.6 Å². The molecule has 3 aromatic carbocycles. The van der Waals surface area contributed by atoms with Crippen LogP contribution in [0.15, 0.2) is 77.7 Å². The first-order valence-electron chi connectivity index (χ1n) is 13.0. The van der Waals surface area contributed by atoms with Crippen LogP contribution in [0.25, 0.3) is 0 Å².